The second-order valence-electron chi connectivity index (χ2n) is 8.59. The summed E-state index contributed by atoms with van der Waals surface area (Å²) in [6, 6.07) is 7.66. The molecule has 26 heavy (non-hydrogen) atoms. The molecule has 0 aliphatic heterocycles. The maximum atomic E-state index is 14.1. The molecule has 2 aromatic carbocycles. The quantitative estimate of drug-likeness (QED) is 0.755. The summed E-state index contributed by atoms with van der Waals surface area (Å²) in [6.07, 6.45) is 0. The monoisotopic (exact) mass is 358 g/mol. The molecule has 2 aromatic rings. The van der Waals surface area contributed by atoms with Gasteiger partial charge in [-0.05, 0) is 63.4 Å². The van der Waals surface area contributed by atoms with Gasteiger partial charge in [0.25, 0.3) is 0 Å². The highest BCUT2D eigenvalue weighted by molar-refractivity contribution is 5.97. The lowest BCUT2D eigenvalue weighted by Gasteiger charge is -2.31. The van der Waals surface area contributed by atoms with Gasteiger partial charge >= 0.3 is 5.97 Å². The van der Waals surface area contributed by atoms with Crippen LogP contribution in [-0.4, -0.2) is 18.2 Å². The van der Waals surface area contributed by atoms with Crippen molar-refractivity contribution in [3.8, 4) is 16.9 Å². The average molecular weight is 358 g/mol. The first-order chi connectivity index (χ1) is 11.9. The zero-order valence-electron chi connectivity index (χ0n) is 16.5. The van der Waals surface area contributed by atoms with E-state index in [-0.39, 0.29) is 16.4 Å². The summed E-state index contributed by atoms with van der Waals surface area (Å²) in [4.78, 5) is 11.8. The molecule has 0 heterocycles. The van der Waals surface area contributed by atoms with Gasteiger partial charge in [-0.2, -0.15) is 0 Å². The van der Waals surface area contributed by atoms with Crippen molar-refractivity contribution in [2.75, 3.05) is 7.11 Å². The summed E-state index contributed by atoms with van der Waals surface area (Å²) in [7, 11) is 1.61. The molecule has 0 aliphatic carbocycles. The van der Waals surface area contributed by atoms with Gasteiger partial charge in [0.2, 0.25) is 0 Å². The van der Waals surface area contributed by atoms with E-state index in [4.69, 9.17) is 4.74 Å². The molecule has 3 nitrogen and oxygen atoms in total. The van der Waals surface area contributed by atoms with Crippen LogP contribution in [0, 0.1) is 5.82 Å². The minimum absolute atomic E-state index is 0.0903. The minimum atomic E-state index is -1.07. The molecule has 0 saturated carbocycles. The lowest BCUT2D eigenvalue weighted by Crippen LogP contribution is -2.20. The Morgan fingerprint density at radius 1 is 0.962 bits per heavy atom. The largest absolute Gasteiger partial charge is 0.497 e. The lowest BCUT2D eigenvalue weighted by molar-refractivity contribution is 0.0697. The van der Waals surface area contributed by atoms with E-state index in [1.165, 1.54) is 18.2 Å². The number of benzene rings is 2. The number of rotatable bonds is 3. The number of carbonyl (C=O) groups is 1. The first-order valence-electron chi connectivity index (χ1n) is 8.62. The third-order valence-electron chi connectivity index (χ3n) is 4.44. The van der Waals surface area contributed by atoms with Crippen LogP contribution in [0.15, 0.2) is 30.3 Å². The zero-order valence-corrected chi connectivity index (χ0v) is 16.5. The van der Waals surface area contributed by atoms with Crippen LogP contribution in [0.3, 0.4) is 0 Å². The van der Waals surface area contributed by atoms with Crippen molar-refractivity contribution in [1.29, 1.82) is 0 Å². The Kier molecular flexibility index (Phi) is 5.18. The van der Waals surface area contributed by atoms with Gasteiger partial charge in [-0.1, -0.05) is 41.5 Å². The molecule has 0 radical (unpaired) electrons. The van der Waals surface area contributed by atoms with Crippen molar-refractivity contribution in [3.63, 3.8) is 0 Å². The molecule has 0 bridgehead atoms. The van der Waals surface area contributed by atoms with Crippen LogP contribution in [-0.2, 0) is 10.8 Å². The highest BCUT2D eigenvalue weighted by Crippen LogP contribution is 2.44. The van der Waals surface area contributed by atoms with Gasteiger partial charge < -0.3 is 9.84 Å². The fourth-order valence-corrected chi connectivity index (χ4v) is 3.12. The maximum Gasteiger partial charge on any atom is 0.336 e. The SMILES string of the molecule is COc1cc(C(C)(C)C)c(-c2cc(F)ccc2C(=O)O)c(C(C)(C)C)c1. The van der Waals surface area contributed by atoms with Crippen LogP contribution in [0.1, 0.15) is 63.0 Å². The van der Waals surface area contributed by atoms with Gasteiger partial charge in [0.15, 0.2) is 0 Å². The van der Waals surface area contributed by atoms with Gasteiger partial charge in [-0.15, -0.1) is 0 Å². The topological polar surface area (TPSA) is 46.5 Å². The van der Waals surface area contributed by atoms with Crippen molar-refractivity contribution in [2.24, 2.45) is 0 Å². The molecule has 140 valence electrons. The summed E-state index contributed by atoms with van der Waals surface area (Å²) in [5.74, 6) is -0.826. The first kappa shape index (κ1) is 20.0. The number of hydrogen-bond acceptors (Lipinski definition) is 2. The zero-order chi connectivity index (χ0) is 19.9. The Bertz CT molecular complexity index is 804. The number of methoxy groups -OCH3 is 1. The molecular formula is C22H27FO3. The van der Waals surface area contributed by atoms with Crippen molar-refractivity contribution >= 4 is 5.97 Å². The molecular weight excluding hydrogens is 331 g/mol. The fraction of sp³-hybridized carbons (Fsp3) is 0.409. The summed E-state index contributed by atoms with van der Waals surface area (Å²) >= 11 is 0. The Morgan fingerprint density at radius 2 is 1.46 bits per heavy atom. The van der Waals surface area contributed by atoms with E-state index in [0.29, 0.717) is 11.3 Å². The van der Waals surface area contributed by atoms with Crippen LogP contribution >= 0.6 is 0 Å². The third-order valence-corrected chi connectivity index (χ3v) is 4.44. The molecule has 1 N–H and O–H groups in total. The predicted molar refractivity (Wildman–Crippen MR) is 103 cm³/mol. The van der Waals surface area contributed by atoms with E-state index in [0.717, 1.165) is 16.7 Å². The van der Waals surface area contributed by atoms with Crippen molar-refractivity contribution in [3.05, 3.63) is 52.8 Å². The Labute approximate surface area is 154 Å². The highest BCUT2D eigenvalue weighted by atomic mass is 19.1. The smallest absolute Gasteiger partial charge is 0.336 e. The molecule has 0 spiro atoms. The Hall–Kier alpha value is -2.36. The number of carboxylic acids is 1. The predicted octanol–water partition coefficient (Wildman–Crippen LogP) is 5.79. The van der Waals surface area contributed by atoms with Gasteiger partial charge in [-0.25, -0.2) is 9.18 Å². The van der Waals surface area contributed by atoms with Gasteiger partial charge in [0.1, 0.15) is 11.6 Å². The minimum Gasteiger partial charge on any atom is -0.497 e. The van der Waals surface area contributed by atoms with Crippen LogP contribution < -0.4 is 4.74 Å². The summed E-state index contributed by atoms with van der Waals surface area (Å²) in [6.45, 7) is 12.3. The van der Waals surface area contributed by atoms with E-state index < -0.39 is 11.8 Å². The van der Waals surface area contributed by atoms with E-state index in [1.54, 1.807) is 7.11 Å². The molecule has 2 rings (SSSR count). The molecule has 0 atom stereocenters. The average Bonchev–Trinajstić information content (AvgIpc) is 2.51. The van der Waals surface area contributed by atoms with Crippen LogP contribution in [0.25, 0.3) is 11.1 Å². The van der Waals surface area contributed by atoms with E-state index in [2.05, 4.69) is 41.5 Å². The second kappa shape index (κ2) is 6.75. The molecule has 0 amide bonds. The van der Waals surface area contributed by atoms with Crippen molar-refractivity contribution in [1.82, 2.24) is 0 Å². The second-order valence-corrected chi connectivity index (χ2v) is 8.59. The Balaban J connectivity index is 3.05. The van der Waals surface area contributed by atoms with Gasteiger partial charge in [0, 0.05) is 0 Å². The summed E-state index contributed by atoms with van der Waals surface area (Å²) in [5, 5.41) is 9.66. The number of aromatic carboxylic acids is 1. The van der Waals surface area contributed by atoms with E-state index in [1.807, 2.05) is 12.1 Å². The van der Waals surface area contributed by atoms with Crippen molar-refractivity contribution in [2.45, 2.75) is 52.4 Å². The normalized spacial score (nSPS) is 12.2. The van der Waals surface area contributed by atoms with Gasteiger partial charge in [0.05, 0.1) is 12.7 Å². The number of ether oxygens (including phenoxy) is 1. The molecule has 0 fully saturated rings. The number of halogens is 1. The van der Waals surface area contributed by atoms with Crippen LogP contribution in [0.5, 0.6) is 5.75 Å². The van der Waals surface area contributed by atoms with E-state index >= 15 is 0 Å². The third kappa shape index (κ3) is 3.90. The van der Waals surface area contributed by atoms with E-state index in [9.17, 15) is 14.3 Å². The summed E-state index contributed by atoms with van der Waals surface area (Å²) in [5.41, 5.74) is 2.54. The molecule has 4 heteroatoms. The number of carboxylic acid groups (broad SMARTS) is 1. The lowest BCUT2D eigenvalue weighted by atomic mass is 9.73. The molecule has 0 aromatic heterocycles. The Morgan fingerprint density at radius 3 is 1.85 bits per heavy atom. The number of hydrogen-bond donors (Lipinski definition) is 1. The maximum absolute atomic E-state index is 14.1. The van der Waals surface area contributed by atoms with Crippen LogP contribution in [0.2, 0.25) is 0 Å². The molecule has 0 aliphatic rings. The van der Waals surface area contributed by atoms with Crippen molar-refractivity contribution < 1.29 is 19.0 Å². The molecule has 0 saturated heterocycles. The first-order valence-corrected chi connectivity index (χ1v) is 8.62. The van der Waals surface area contributed by atoms with Gasteiger partial charge in [-0.3, -0.25) is 0 Å². The molecule has 0 unspecified atom stereocenters. The summed E-state index contributed by atoms with van der Waals surface area (Å²) < 4.78 is 19.6. The van der Waals surface area contributed by atoms with Crippen LogP contribution in [0.4, 0.5) is 4.39 Å². The fourth-order valence-electron chi connectivity index (χ4n) is 3.12. The highest BCUT2D eigenvalue weighted by Gasteiger charge is 2.30. The standard InChI is InChI=1S/C22H27FO3/c1-21(2,3)17-11-14(26-7)12-18(22(4,5)6)19(17)16-10-13(23)8-9-15(16)20(24)25/h8-12H,1-7H3,(H,24,25).